The van der Waals surface area contributed by atoms with Crippen molar-refractivity contribution in [1.29, 1.82) is 0 Å². The van der Waals surface area contributed by atoms with E-state index in [9.17, 15) is 10.2 Å². The summed E-state index contributed by atoms with van der Waals surface area (Å²) in [6.07, 6.45) is 9.79. The Balaban J connectivity index is 1.59. The maximum Gasteiger partial charge on any atom is 0.0890 e. The monoisotopic (exact) mass is 357 g/mol. The summed E-state index contributed by atoms with van der Waals surface area (Å²) < 4.78 is 1.93. The highest BCUT2D eigenvalue weighted by Gasteiger charge is 2.29. The highest BCUT2D eigenvalue weighted by atomic mass is 16.3. The zero-order chi connectivity index (χ0) is 18.4. The Bertz CT molecular complexity index is 683. The Morgan fingerprint density at radius 3 is 2.65 bits per heavy atom. The molecule has 1 aliphatic rings. The van der Waals surface area contributed by atoms with E-state index < -0.39 is 5.60 Å². The van der Waals surface area contributed by atoms with Crippen LogP contribution in [0.4, 0.5) is 0 Å². The number of hydrogen-bond donors (Lipinski definition) is 2. The van der Waals surface area contributed by atoms with Crippen molar-refractivity contribution in [3.8, 4) is 5.69 Å². The predicted molar refractivity (Wildman–Crippen MR) is 103 cm³/mol. The molecule has 2 aromatic rings. The summed E-state index contributed by atoms with van der Waals surface area (Å²) in [7, 11) is 0. The van der Waals surface area contributed by atoms with Crippen molar-refractivity contribution >= 4 is 0 Å². The van der Waals surface area contributed by atoms with Crippen LogP contribution in [-0.2, 0) is 13.0 Å². The number of nitrogens with zero attached hydrogens (tertiary/aromatic N) is 3. The third-order valence-electron chi connectivity index (χ3n) is 5.37. The van der Waals surface area contributed by atoms with Crippen molar-refractivity contribution in [2.75, 3.05) is 19.7 Å². The van der Waals surface area contributed by atoms with Crippen molar-refractivity contribution in [2.45, 2.75) is 57.6 Å². The second-order valence-electron chi connectivity index (χ2n) is 7.58. The van der Waals surface area contributed by atoms with Gasteiger partial charge in [0.05, 0.1) is 24.1 Å². The normalized spacial score (nSPS) is 21.7. The first-order chi connectivity index (χ1) is 12.6. The van der Waals surface area contributed by atoms with E-state index in [1.165, 1.54) is 24.0 Å². The van der Waals surface area contributed by atoms with Crippen molar-refractivity contribution in [1.82, 2.24) is 14.7 Å². The van der Waals surface area contributed by atoms with Crippen LogP contribution < -0.4 is 0 Å². The minimum absolute atomic E-state index is 0.146. The third-order valence-corrected chi connectivity index (χ3v) is 5.37. The molecule has 2 N–H and O–H groups in total. The zero-order valence-corrected chi connectivity index (χ0v) is 15.8. The predicted octanol–water partition coefficient (Wildman–Crippen LogP) is 2.92. The van der Waals surface area contributed by atoms with Crippen molar-refractivity contribution < 1.29 is 10.2 Å². The van der Waals surface area contributed by atoms with Gasteiger partial charge in [0, 0.05) is 24.8 Å². The Labute approximate surface area is 156 Å². The lowest BCUT2D eigenvalue weighted by Gasteiger charge is -2.24. The van der Waals surface area contributed by atoms with Gasteiger partial charge in [-0.25, -0.2) is 4.68 Å². The minimum Gasteiger partial charge on any atom is -0.393 e. The first-order valence-electron chi connectivity index (χ1n) is 9.80. The molecule has 26 heavy (non-hydrogen) atoms. The number of rotatable bonds is 7. The maximum absolute atomic E-state index is 10.3. The number of aromatic nitrogens is 2. The number of likely N-dealkylation sites (tertiary alicyclic amines) is 1. The molecule has 1 aromatic heterocycles. The lowest BCUT2D eigenvalue weighted by atomic mass is 9.96. The van der Waals surface area contributed by atoms with Crippen LogP contribution in [0, 0.1) is 0 Å². The van der Waals surface area contributed by atoms with E-state index >= 15 is 0 Å². The SMILES string of the molecule is CCCCc1ccc(-n2cc(CN3CCC[C@](O)(CO)CC3)cn2)cc1. The van der Waals surface area contributed by atoms with Crippen LogP contribution >= 0.6 is 0 Å². The molecule has 0 radical (unpaired) electrons. The first-order valence-corrected chi connectivity index (χ1v) is 9.80. The van der Waals surface area contributed by atoms with Gasteiger partial charge >= 0.3 is 0 Å². The van der Waals surface area contributed by atoms with Crippen molar-refractivity contribution in [2.24, 2.45) is 0 Å². The second kappa shape index (κ2) is 8.80. The van der Waals surface area contributed by atoms with Gasteiger partial charge in [0.15, 0.2) is 0 Å². The van der Waals surface area contributed by atoms with Crippen molar-refractivity contribution in [3.63, 3.8) is 0 Å². The van der Waals surface area contributed by atoms with E-state index in [1.54, 1.807) is 0 Å². The smallest absolute Gasteiger partial charge is 0.0890 e. The first kappa shape index (κ1) is 19.1. The average Bonchev–Trinajstić information content (AvgIpc) is 3.05. The summed E-state index contributed by atoms with van der Waals surface area (Å²) in [6.45, 7) is 4.64. The molecule has 1 atom stereocenters. The van der Waals surface area contributed by atoms with Crippen LogP contribution in [0.2, 0.25) is 0 Å². The fraction of sp³-hybridized carbons (Fsp3) is 0.571. The summed E-state index contributed by atoms with van der Waals surface area (Å²) in [5.41, 5.74) is 2.73. The van der Waals surface area contributed by atoms with Gasteiger partial charge in [-0.1, -0.05) is 25.5 Å². The molecule has 0 saturated carbocycles. The summed E-state index contributed by atoms with van der Waals surface area (Å²) in [6, 6.07) is 8.65. The van der Waals surface area contributed by atoms with E-state index in [4.69, 9.17) is 0 Å². The molecular formula is C21H31N3O2. The van der Waals surface area contributed by atoms with E-state index in [1.807, 2.05) is 10.9 Å². The summed E-state index contributed by atoms with van der Waals surface area (Å²) in [5, 5.41) is 24.2. The molecule has 1 aliphatic heterocycles. The molecule has 2 heterocycles. The number of hydrogen-bond acceptors (Lipinski definition) is 4. The molecule has 0 bridgehead atoms. The number of aliphatic hydroxyl groups is 2. The zero-order valence-electron chi connectivity index (χ0n) is 15.8. The molecule has 0 aliphatic carbocycles. The molecule has 0 spiro atoms. The molecule has 3 rings (SSSR count). The van der Waals surface area contributed by atoms with Gasteiger partial charge in [0.1, 0.15) is 0 Å². The highest BCUT2D eigenvalue weighted by molar-refractivity contribution is 5.34. The topological polar surface area (TPSA) is 61.5 Å². The van der Waals surface area contributed by atoms with E-state index in [0.717, 1.165) is 38.2 Å². The van der Waals surface area contributed by atoms with Gasteiger partial charge in [-0.05, 0) is 56.3 Å². The van der Waals surface area contributed by atoms with Crippen LogP contribution in [0.25, 0.3) is 5.69 Å². The molecule has 5 nitrogen and oxygen atoms in total. The van der Waals surface area contributed by atoms with Crippen LogP contribution in [0.1, 0.15) is 50.2 Å². The Kier molecular flexibility index (Phi) is 6.46. The second-order valence-corrected chi connectivity index (χ2v) is 7.58. The molecular weight excluding hydrogens is 326 g/mol. The Morgan fingerprint density at radius 2 is 1.92 bits per heavy atom. The van der Waals surface area contributed by atoms with Gasteiger partial charge in [0.2, 0.25) is 0 Å². The number of benzene rings is 1. The summed E-state index contributed by atoms with van der Waals surface area (Å²) in [4.78, 5) is 2.34. The number of unbranched alkanes of at least 4 members (excludes halogenated alkanes) is 1. The number of aryl methyl sites for hydroxylation is 1. The van der Waals surface area contributed by atoms with E-state index in [2.05, 4.69) is 47.4 Å². The van der Waals surface area contributed by atoms with Gasteiger partial charge in [-0.3, -0.25) is 4.90 Å². The van der Waals surface area contributed by atoms with Gasteiger partial charge in [-0.2, -0.15) is 5.10 Å². The largest absolute Gasteiger partial charge is 0.393 e. The highest BCUT2D eigenvalue weighted by Crippen LogP contribution is 2.23. The molecule has 1 saturated heterocycles. The fourth-order valence-electron chi connectivity index (χ4n) is 3.59. The molecule has 5 heteroatoms. The molecule has 1 fully saturated rings. The number of aliphatic hydroxyl groups excluding tert-OH is 1. The quantitative estimate of drug-likeness (QED) is 0.800. The standard InChI is InChI=1S/C21H31N3O2/c1-2-3-5-18-6-8-20(9-7-18)24-16-19(14-22-24)15-23-12-4-10-21(26,17-25)11-13-23/h6-9,14,16,25-26H,2-5,10-13,15,17H2,1H3/t21-/m1/s1. The molecule has 1 aromatic carbocycles. The van der Waals surface area contributed by atoms with Gasteiger partial charge < -0.3 is 10.2 Å². The fourth-order valence-corrected chi connectivity index (χ4v) is 3.59. The van der Waals surface area contributed by atoms with Gasteiger partial charge in [0.25, 0.3) is 0 Å². The summed E-state index contributed by atoms with van der Waals surface area (Å²) in [5.74, 6) is 0. The third kappa shape index (κ3) is 4.93. The lowest BCUT2D eigenvalue weighted by molar-refractivity contribution is -0.0255. The maximum atomic E-state index is 10.3. The Hall–Kier alpha value is -1.69. The van der Waals surface area contributed by atoms with E-state index in [0.29, 0.717) is 12.8 Å². The van der Waals surface area contributed by atoms with Crippen LogP contribution in [0.15, 0.2) is 36.7 Å². The molecule has 142 valence electrons. The van der Waals surface area contributed by atoms with Crippen LogP contribution in [0.3, 0.4) is 0 Å². The van der Waals surface area contributed by atoms with Crippen LogP contribution in [0.5, 0.6) is 0 Å². The summed E-state index contributed by atoms with van der Waals surface area (Å²) >= 11 is 0. The minimum atomic E-state index is -0.904. The van der Waals surface area contributed by atoms with Crippen molar-refractivity contribution in [3.05, 3.63) is 47.8 Å². The molecule has 0 amide bonds. The van der Waals surface area contributed by atoms with E-state index in [-0.39, 0.29) is 6.61 Å². The lowest BCUT2D eigenvalue weighted by Crippen LogP contribution is -2.34. The van der Waals surface area contributed by atoms with Crippen LogP contribution in [-0.4, -0.2) is 50.2 Å². The molecule has 0 unspecified atom stereocenters. The average molecular weight is 357 g/mol. The van der Waals surface area contributed by atoms with Gasteiger partial charge in [-0.15, -0.1) is 0 Å². The Morgan fingerprint density at radius 1 is 1.12 bits per heavy atom.